The molecule has 1 amide bonds. The van der Waals surface area contributed by atoms with Gasteiger partial charge in [0.2, 0.25) is 0 Å². The van der Waals surface area contributed by atoms with E-state index in [-0.39, 0.29) is 11.9 Å². The van der Waals surface area contributed by atoms with Gasteiger partial charge < -0.3 is 14.6 Å². The summed E-state index contributed by atoms with van der Waals surface area (Å²) in [5.74, 6) is 0.525. The number of pyridine rings is 1. The van der Waals surface area contributed by atoms with Crippen LogP contribution in [-0.2, 0) is 0 Å². The highest BCUT2D eigenvalue weighted by Crippen LogP contribution is 2.29. The molecular formula is C15H17N3O2S. The Morgan fingerprint density at radius 3 is 3.14 bits per heavy atom. The molecule has 0 saturated carbocycles. The summed E-state index contributed by atoms with van der Waals surface area (Å²) in [4.78, 5) is 20.1. The molecule has 1 N–H and O–H groups in total. The number of thioether (sulfide) groups is 1. The topological polar surface area (TPSA) is 58.4 Å². The summed E-state index contributed by atoms with van der Waals surface area (Å²) >= 11 is 1.61. The highest BCUT2D eigenvalue weighted by atomic mass is 32.2. The van der Waals surface area contributed by atoms with Crippen molar-refractivity contribution < 1.29 is 9.21 Å². The number of furan rings is 1. The van der Waals surface area contributed by atoms with Gasteiger partial charge in [0.1, 0.15) is 12.0 Å². The molecule has 6 heteroatoms. The molecule has 0 spiro atoms. The predicted molar refractivity (Wildman–Crippen MR) is 81.6 cm³/mol. The standard InChI is InChI=1S/C15H17N3O2S/c1-21-14-8-20-13-5-16-11(4-10(13)14)15(19)17-12-7-18-3-2-9(12)6-18/h4-5,8-9,12H,2-3,6-7H2,1H3,(H,17,19). The summed E-state index contributed by atoms with van der Waals surface area (Å²) in [5, 5.41) is 4.10. The Morgan fingerprint density at radius 1 is 1.52 bits per heavy atom. The van der Waals surface area contributed by atoms with Crippen LogP contribution >= 0.6 is 11.8 Å². The quantitative estimate of drug-likeness (QED) is 0.879. The van der Waals surface area contributed by atoms with Gasteiger partial charge in [0.05, 0.1) is 11.1 Å². The first-order valence-corrected chi connectivity index (χ1v) is 8.41. The van der Waals surface area contributed by atoms with Crippen LogP contribution in [0, 0.1) is 5.92 Å². The van der Waals surface area contributed by atoms with Crippen LogP contribution < -0.4 is 5.32 Å². The fourth-order valence-corrected chi connectivity index (χ4v) is 3.91. The molecule has 4 rings (SSSR count). The van der Waals surface area contributed by atoms with Gasteiger partial charge in [0, 0.05) is 24.5 Å². The maximum atomic E-state index is 12.4. The summed E-state index contributed by atoms with van der Waals surface area (Å²) in [6.45, 7) is 3.27. The van der Waals surface area contributed by atoms with Crippen LogP contribution in [0.1, 0.15) is 16.9 Å². The molecular weight excluding hydrogens is 286 g/mol. The summed E-state index contributed by atoms with van der Waals surface area (Å²) in [6.07, 6.45) is 6.53. The van der Waals surface area contributed by atoms with Crippen molar-refractivity contribution >= 4 is 28.6 Å². The highest BCUT2D eigenvalue weighted by Gasteiger charge is 2.38. The number of fused-ring (bicyclic) bond motifs is 3. The molecule has 2 saturated heterocycles. The van der Waals surface area contributed by atoms with E-state index in [4.69, 9.17) is 4.42 Å². The highest BCUT2D eigenvalue weighted by molar-refractivity contribution is 7.98. The minimum Gasteiger partial charge on any atom is -0.462 e. The number of rotatable bonds is 3. The summed E-state index contributed by atoms with van der Waals surface area (Å²) in [7, 11) is 0. The molecule has 2 aliphatic rings. The second-order valence-electron chi connectivity index (χ2n) is 5.76. The number of carbonyl (C=O) groups is 1. The zero-order valence-electron chi connectivity index (χ0n) is 11.8. The third-order valence-corrected chi connectivity index (χ3v) is 5.28. The number of piperidine rings is 1. The molecule has 2 aromatic rings. The average molecular weight is 303 g/mol. The van der Waals surface area contributed by atoms with E-state index in [1.54, 1.807) is 24.2 Å². The second-order valence-corrected chi connectivity index (χ2v) is 6.61. The Morgan fingerprint density at radius 2 is 2.43 bits per heavy atom. The molecule has 3 atom stereocenters. The van der Waals surface area contributed by atoms with Gasteiger partial charge in [-0.1, -0.05) is 0 Å². The number of hydrogen-bond acceptors (Lipinski definition) is 5. The van der Waals surface area contributed by atoms with E-state index < -0.39 is 0 Å². The van der Waals surface area contributed by atoms with Crippen LogP contribution in [0.2, 0.25) is 0 Å². The molecule has 2 aliphatic heterocycles. The van der Waals surface area contributed by atoms with Gasteiger partial charge in [0.25, 0.3) is 5.91 Å². The van der Waals surface area contributed by atoms with E-state index in [0.717, 1.165) is 29.0 Å². The van der Waals surface area contributed by atoms with Gasteiger partial charge in [-0.3, -0.25) is 4.79 Å². The SMILES string of the molecule is CSc1coc2cnc(C(=O)NC3CN4CCC3C4)cc12. The summed E-state index contributed by atoms with van der Waals surface area (Å²) in [6, 6.07) is 2.10. The lowest BCUT2D eigenvalue weighted by Gasteiger charge is -2.22. The van der Waals surface area contributed by atoms with Crippen LogP contribution in [-0.4, -0.2) is 47.7 Å². The molecule has 21 heavy (non-hydrogen) atoms. The number of nitrogens with one attached hydrogen (secondary N) is 1. The lowest BCUT2D eigenvalue weighted by atomic mass is 10.00. The summed E-state index contributed by atoms with van der Waals surface area (Å²) < 4.78 is 5.43. The second kappa shape index (κ2) is 5.03. The normalized spacial score (nSPS) is 27.4. The van der Waals surface area contributed by atoms with E-state index in [1.165, 1.54) is 13.0 Å². The lowest BCUT2D eigenvalue weighted by molar-refractivity contribution is 0.0919. The van der Waals surface area contributed by atoms with Crippen LogP contribution in [0.15, 0.2) is 27.8 Å². The van der Waals surface area contributed by atoms with Crippen molar-refractivity contribution in [1.29, 1.82) is 0 Å². The number of carbonyl (C=O) groups excluding carboxylic acids is 1. The average Bonchev–Trinajstić information content (AvgIpc) is 3.21. The molecule has 2 bridgehead atoms. The van der Waals surface area contributed by atoms with Gasteiger partial charge >= 0.3 is 0 Å². The minimum atomic E-state index is -0.0797. The number of nitrogens with zero attached hydrogens (tertiary/aromatic N) is 2. The molecule has 0 radical (unpaired) electrons. The smallest absolute Gasteiger partial charge is 0.270 e. The van der Waals surface area contributed by atoms with Crippen molar-refractivity contribution in [3.8, 4) is 0 Å². The molecule has 0 aliphatic carbocycles. The van der Waals surface area contributed by atoms with Crippen LogP contribution in [0.3, 0.4) is 0 Å². The van der Waals surface area contributed by atoms with Crippen molar-refractivity contribution in [3.63, 3.8) is 0 Å². The fourth-order valence-electron chi connectivity index (χ4n) is 3.38. The molecule has 4 heterocycles. The van der Waals surface area contributed by atoms with E-state index in [1.807, 2.05) is 12.3 Å². The summed E-state index contributed by atoms with van der Waals surface area (Å²) in [5.41, 5.74) is 1.19. The van der Waals surface area contributed by atoms with E-state index in [0.29, 0.717) is 11.6 Å². The van der Waals surface area contributed by atoms with Gasteiger partial charge in [0.15, 0.2) is 5.58 Å². The lowest BCUT2D eigenvalue weighted by Crippen LogP contribution is -2.43. The monoisotopic (exact) mass is 303 g/mol. The van der Waals surface area contributed by atoms with Gasteiger partial charge in [-0.15, -0.1) is 11.8 Å². The number of hydrogen-bond donors (Lipinski definition) is 1. The Labute approximate surface area is 127 Å². The van der Waals surface area contributed by atoms with Crippen LogP contribution in [0.5, 0.6) is 0 Å². The zero-order valence-corrected chi connectivity index (χ0v) is 12.7. The van der Waals surface area contributed by atoms with Gasteiger partial charge in [-0.2, -0.15) is 0 Å². The molecule has 2 aromatic heterocycles. The van der Waals surface area contributed by atoms with Gasteiger partial charge in [-0.25, -0.2) is 4.98 Å². The van der Waals surface area contributed by atoms with E-state index >= 15 is 0 Å². The number of aromatic nitrogens is 1. The van der Waals surface area contributed by atoms with Crippen molar-refractivity contribution in [2.75, 3.05) is 25.9 Å². The molecule has 110 valence electrons. The molecule has 5 nitrogen and oxygen atoms in total. The molecule has 3 unspecified atom stereocenters. The van der Waals surface area contributed by atoms with Crippen molar-refractivity contribution in [1.82, 2.24) is 15.2 Å². The third kappa shape index (κ3) is 2.22. The zero-order chi connectivity index (χ0) is 14.4. The van der Waals surface area contributed by atoms with E-state index in [9.17, 15) is 4.79 Å². The van der Waals surface area contributed by atoms with Gasteiger partial charge in [-0.05, 0) is 31.2 Å². The first kappa shape index (κ1) is 13.2. The maximum absolute atomic E-state index is 12.4. The van der Waals surface area contributed by atoms with Crippen molar-refractivity contribution in [2.24, 2.45) is 5.92 Å². The van der Waals surface area contributed by atoms with E-state index in [2.05, 4.69) is 15.2 Å². The van der Waals surface area contributed by atoms with Crippen molar-refractivity contribution in [3.05, 3.63) is 24.2 Å². The molecule has 2 fully saturated rings. The third-order valence-electron chi connectivity index (χ3n) is 4.53. The number of amides is 1. The minimum absolute atomic E-state index is 0.0797. The first-order valence-electron chi connectivity index (χ1n) is 7.19. The Hall–Kier alpha value is -1.53. The Kier molecular flexibility index (Phi) is 3.15. The fraction of sp³-hybridized carbons (Fsp3) is 0.467. The largest absolute Gasteiger partial charge is 0.462 e. The van der Waals surface area contributed by atoms with Crippen molar-refractivity contribution in [2.45, 2.75) is 17.4 Å². The Bertz CT molecular complexity index is 699. The molecule has 0 aromatic carbocycles. The Balaban J connectivity index is 1.56. The van der Waals surface area contributed by atoms with Crippen LogP contribution in [0.25, 0.3) is 11.0 Å². The predicted octanol–water partition coefficient (Wildman–Crippen LogP) is 1.98. The first-order chi connectivity index (χ1) is 10.2. The van der Waals surface area contributed by atoms with Crippen LogP contribution in [0.4, 0.5) is 0 Å². The maximum Gasteiger partial charge on any atom is 0.270 e.